The van der Waals surface area contributed by atoms with Gasteiger partial charge in [0.2, 0.25) is 11.8 Å². The van der Waals surface area contributed by atoms with Crippen LogP contribution in [-0.4, -0.2) is 20.2 Å². The van der Waals surface area contributed by atoms with E-state index in [9.17, 15) is 18.0 Å². The van der Waals surface area contributed by atoms with E-state index in [1.165, 1.54) is 24.3 Å². The van der Waals surface area contributed by atoms with Crippen molar-refractivity contribution in [3.05, 3.63) is 60.2 Å². The minimum Gasteiger partial charge on any atom is -0.326 e. The highest BCUT2D eigenvalue weighted by molar-refractivity contribution is 7.90. The van der Waals surface area contributed by atoms with Crippen LogP contribution in [0, 0.1) is 5.92 Å². The molecule has 2 aromatic carbocycles. The molecule has 1 fully saturated rings. The molecule has 7 heteroatoms. The quantitative estimate of drug-likeness (QED) is 0.857. The van der Waals surface area contributed by atoms with E-state index in [-0.39, 0.29) is 22.6 Å². The van der Waals surface area contributed by atoms with E-state index in [0.29, 0.717) is 5.69 Å². The summed E-state index contributed by atoms with van der Waals surface area (Å²) in [6, 6.07) is 15.6. The fraction of sp³-hybridized carbons (Fsp3) is 0.222. The van der Waals surface area contributed by atoms with Crippen LogP contribution in [0.4, 0.5) is 5.69 Å². The summed E-state index contributed by atoms with van der Waals surface area (Å²) >= 11 is 0. The average Bonchev–Trinajstić information content (AvgIpc) is 3.36. The fourth-order valence-corrected chi connectivity index (χ4v) is 3.74. The standard InChI is InChI=1S/C18H18N2O4S/c1-12(21)20-25(23,24)15-9-7-14(8-10-15)19-18(22)17-11-16(17)13-5-3-2-4-6-13/h2-10,16-17H,11H2,1H3,(H,19,22)(H,20,21)/t16-,17+/m1/s1. The predicted octanol–water partition coefficient (Wildman–Crippen LogP) is 2.25. The van der Waals surface area contributed by atoms with Crippen molar-refractivity contribution in [3.8, 4) is 0 Å². The molecule has 130 valence electrons. The van der Waals surface area contributed by atoms with Crippen LogP contribution in [0.25, 0.3) is 0 Å². The lowest BCUT2D eigenvalue weighted by atomic mass is 10.1. The minimum atomic E-state index is -3.87. The van der Waals surface area contributed by atoms with Gasteiger partial charge in [-0.25, -0.2) is 13.1 Å². The number of carbonyl (C=O) groups excluding carboxylic acids is 2. The molecule has 3 rings (SSSR count). The van der Waals surface area contributed by atoms with Gasteiger partial charge in [0, 0.05) is 18.5 Å². The Morgan fingerprint density at radius 1 is 1.00 bits per heavy atom. The van der Waals surface area contributed by atoms with Gasteiger partial charge in [0.15, 0.2) is 0 Å². The predicted molar refractivity (Wildman–Crippen MR) is 93.4 cm³/mol. The second-order valence-electron chi connectivity index (χ2n) is 6.03. The second kappa shape index (κ2) is 6.68. The maximum atomic E-state index is 12.3. The Balaban J connectivity index is 1.63. The monoisotopic (exact) mass is 358 g/mol. The Bertz CT molecular complexity index is 892. The molecular weight excluding hydrogens is 340 g/mol. The van der Waals surface area contributed by atoms with Gasteiger partial charge in [0.05, 0.1) is 4.90 Å². The molecule has 25 heavy (non-hydrogen) atoms. The topological polar surface area (TPSA) is 92.3 Å². The first-order chi connectivity index (χ1) is 11.9. The number of hydrogen-bond acceptors (Lipinski definition) is 4. The maximum Gasteiger partial charge on any atom is 0.264 e. The molecule has 2 N–H and O–H groups in total. The molecule has 2 atom stereocenters. The van der Waals surface area contributed by atoms with Crippen molar-refractivity contribution in [1.82, 2.24) is 4.72 Å². The second-order valence-corrected chi connectivity index (χ2v) is 7.72. The zero-order valence-corrected chi connectivity index (χ0v) is 14.4. The molecule has 1 aliphatic carbocycles. The first-order valence-electron chi connectivity index (χ1n) is 7.86. The normalized spacial score (nSPS) is 19.1. The molecule has 1 aliphatic rings. The molecule has 6 nitrogen and oxygen atoms in total. The molecular formula is C18H18N2O4S. The van der Waals surface area contributed by atoms with Crippen molar-refractivity contribution in [2.75, 3.05) is 5.32 Å². The lowest BCUT2D eigenvalue weighted by molar-refractivity contribution is -0.118. The molecule has 0 aromatic heterocycles. The van der Waals surface area contributed by atoms with Crippen LogP contribution in [0.1, 0.15) is 24.8 Å². The Morgan fingerprint density at radius 2 is 1.64 bits per heavy atom. The van der Waals surface area contributed by atoms with E-state index in [0.717, 1.165) is 18.9 Å². The summed E-state index contributed by atoms with van der Waals surface area (Å²) < 4.78 is 25.6. The number of carbonyl (C=O) groups is 2. The van der Waals surface area contributed by atoms with Crippen LogP contribution in [0.3, 0.4) is 0 Å². The number of rotatable bonds is 5. The van der Waals surface area contributed by atoms with E-state index < -0.39 is 15.9 Å². The van der Waals surface area contributed by atoms with Crippen LogP contribution >= 0.6 is 0 Å². The number of amides is 2. The lowest BCUT2D eigenvalue weighted by Gasteiger charge is -2.08. The smallest absolute Gasteiger partial charge is 0.264 e. The van der Waals surface area contributed by atoms with Gasteiger partial charge in [0.1, 0.15) is 0 Å². The summed E-state index contributed by atoms with van der Waals surface area (Å²) in [5.41, 5.74) is 1.67. The van der Waals surface area contributed by atoms with E-state index in [1.807, 2.05) is 35.1 Å². The van der Waals surface area contributed by atoms with Crippen molar-refractivity contribution in [1.29, 1.82) is 0 Å². The molecule has 2 aromatic rings. The number of anilines is 1. The first-order valence-corrected chi connectivity index (χ1v) is 9.34. The van der Waals surface area contributed by atoms with E-state index in [4.69, 9.17) is 0 Å². The zero-order valence-electron chi connectivity index (χ0n) is 13.6. The van der Waals surface area contributed by atoms with Gasteiger partial charge in [-0.1, -0.05) is 30.3 Å². The molecule has 0 bridgehead atoms. The molecule has 0 spiro atoms. The highest BCUT2D eigenvalue weighted by atomic mass is 32.2. The van der Waals surface area contributed by atoms with Crippen molar-refractivity contribution in [3.63, 3.8) is 0 Å². The molecule has 0 heterocycles. The van der Waals surface area contributed by atoms with E-state index in [2.05, 4.69) is 5.32 Å². The van der Waals surface area contributed by atoms with Crippen LogP contribution < -0.4 is 10.0 Å². The van der Waals surface area contributed by atoms with Crippen LogP contribution in [0.5, 0.6) is 0 Å². The van der Waals surface area contributed by atoms with Crippen LogP contribution in [0.2, 0.25) is 0 Å². The fourth-order valence-electron chi connectivity index (χ4n) is 2.75. The number of benzene rings is 2. The molecule has 0 aliphatic heterocycles. The zero-order chi connectivity index (χ0) is 18.0. The molecule has 0 saturated heterocycles. The molecule has 1 saturated carbocycles. The largest absolute Gasteiger partial charge is 0.326 e. The van der Waals surface area contributed by atoms with Crippen LogP contribution in [-0.2, 0) is 19.6 Å². The van der Waals surface area contributed by atoms with E-state index >= 15 is 0 Å². The van der Waals surface area contributed by atoms with Crippen molar-refractivity contribution >= 4 is 27.5 Å². The van der Waals surface area contributed by atoms with Gasteiger partial charge in [-0.05, 0) is 42.2 Å². The maximum absolute atomic E-state index is 12.3. The number of nitrogens with one attached hydrogen (secondary N) is 2. The first kappa shape index (κ1) is 17.2. The number of hydrogen-bond donors (Lipinski definition) is 2. The summed E-state index contributed by atoms with van der Waals surface area (Å²) in [6.45, 7) is 1.13. The van der Waals surface area contributed by atoms with Gasteiger partial charge in [-0.3, -0.25) is 9.59 Å². The Labute approximate surface area is 146 Å². The summed E-state index contributed by atoms with van der Waals surface area (Å²) in [5, 5.41) is 2.80. The summed E-state index contributed by atoms with van der Waals surface area (Å²) in [7, 11) is -3.87. The summed E-state index contributed by atoms with van der Waals surface area (Å²) in [5.74, 6) is -0.560. The van der Waals surface area contributed by atoms with Crippen LogP contribution in [0.15, 0.2) is 59.5 Å². The SMILES string of the molecule is CC(=O)NS(=O)(=O)c1ccc(NC(=O)[C@H]2C[C@@H]2c2ccccc2)cc1. The van der Waals surface area contributed by atoms with Crippen molar-refractivity contribution in [2.24, 2.45) is 5.92 Å². The number of sulfonamides is 1. The Morgan fingerprint density at radius 3 is 2.24 bits per heavy atom. The third kappa shape index (κ3) is 4.06. The average molecular weight is 358 g/mol. The lowest BCUT2D eigenvalue weighted by Crippen LogP contribution is -2.28. The highest BCUT2D eigenvalue weighted by Gasteiger charge is 2.43. The van der Waals surface area contributed by atoms with Gasteiger partial charge in [-0.15, -0.1) is 0 Å². The summed E-state index contributed by atoms with van der Waals surface area (Å²) in [4.78, 5) is 23.2. The highest BCUT2D eigenvalue weighted by Crippen LogP contribution is 2.47. The van der Waals surface area contributed by atoms with Gasteiger partial charge >= 0.3 is 0 Å². The van der Waals surface area contributed by atoms with Crippen molar-refractivity contribution < 1.29 is 18.0 Å². The molecule has 2 amide bonds. The molecule has 0 radical (unpaired) electrons. The minimum absolute atomic E-state index is 0.0331. The van der Waals surface area contributed by atoms with Gasteiger partial charge in [-0.2, -0.15) is 0 Å². The van der Waals surface area contributed by atoms with E-state index in [1.54, 1.807) is 0 Å². The van der Waals surface area contributed by atoms with Gasteiger partial charge in [0.25, 0.3) is 10.0 Å². The molecule has 0 unspecified atom stereocenters. The summed E-state index contributed by atoms with van der Waals surface area (Å²) in [6.07, 6.45) is 0.810. The Hall–Kier alpha value is -2.67. The van der Waals surface area contributed by atoms with Crippen molar-refractivity contribution in [2.45, 2.75) is 24.2 Å². The third-order valence-electron chi connectivity index (χ3n) is 4.07. The Kier molecular flexibility index (Phi) is 4.59. The van der Waals surface area contributed by atoms with Gasteiger partial charge < -0.3 is 5.32 Å². The third-order valence-corrected chi connectivity index (χ3v) is 5.51.